The summed E-state index contributed by atoms with van der Waals surface area (Å²) in [6, 6.07) is 78.5. The van der Waals surface area contributed by atoms with Crippen LogP contribution in [0, 0.1) is 0 Å². The van der Waals surface area contributed by atoms with Crippen LogP contribution in [0.15, 0.2) is 200 Å². The summed E-state index contributed by atoms with van der Waals surface area (Å²) in [5.41, 5.74) is 25.2. The van der Waals surface area contributed by atoms with Gasteiger partial charge in [0.25, 0.3) is 6.71 Å². The largest absolute Gasteiger partial charge is 0.334 e. The number of nitrogens with zero attached hydrogens (tertiary/aromatic N) is 3. The lowest BCUT2D eigenvalue weighted by atomic mass is 9.28. The number of anilines is 8. The number of fused-ring (bicyclic) bond motifs is 3. The van der Waals surface area contributed by atoms with Crippen LogP contribution in [-0.2, 0) is 21.7 Å². The first-order chi connectivity index (χ1) is 37.8. The van der Waals surface area contributed by atoms with Gasteiger partial charge in [0.1, 0.15) is 0 Å². The van der Waals surface area contributed by atoms with Crippen molar-refractivity contribution in [2.24, 2.45) is 0 Å². The van der Waals surface area contributed by atoms with Gasteiger partial charge in [-0.05, 0) is 158 Å². The summed E-state index contributed by atoms with van der Waals surface area (Å²) in [5, 5.41) is 1.47. The first-order valence-electron chi connectivity index (χ1n) is 29.3. The molecule has 4 heterocycles. The van der Waals surface area contributed by atoms with E-state index in [1.165, 1.54) is 130 Å². The summed E-state index contributed by atoms with van der Waals surface area (Å²) in [5.74, 6) is 0. The lowest BCUT2D eigenvalue weighted by Crippen LogP contribution is -2.68. The highest BCUT2D eigenvalue weighted by atomic mass is 28.3. The first kappa shape index (κ1) is 49.9. The number of hydrogen-bond acceptors (Lipinski definition) is 3. The second-order valence-electron chi connectivity index (χ2n) is 27.3. The molecule has 4 aliphatic heterocycles. The maximum Gasteiger partial charge on any atom is 0.253 e. The third-order valence-corrected chi connectivity index (χ3v) is 21.8. The molecule has 5 heteroatoms. The molecule has 1 fully saturated rings. The fourth-order valence-corrected chi connectivity index (χ4v) is 16.6. The fraction of sp³-hybridized carbons (Fsp3) is 0.270. The monoisotopic (exact) mass is 1040 g/mol. The number of rotatable bonds is 7. The highest BCUT2D eigenvalue weighted by Crippen LogP contribution is 2.63. The Morgan fingerprint density at radius 3 is 1.47 bits per heavy atom. The van der Waals surface area contributed by atoms with Crippen LogP contribution in [-0.4, -0.2) is 20.3 Å². The topological polar surface area (TPSA) is 9.72 Å². The summed E-state index contributed by atoms with van der Waals surface area (Å²) in [7, 11) is -1.63. The van der Waals surface area contributed by atoms with Gasteiger partial charge >= 0.3 is 0 Å². The van der Waals surface area contributed by atoms with Crippen LogP contribution < -0.4 is 36.3 Å². The van der Waals surface area contributed by atoms with E-state index in [-0.39, 0.29) is 28.5 Å². The molecule has 79 heavy (non-hydrogen) atoms. The highest BCUT2D eigenvalue weighted by Gasteiger charge is 2.59. The SMILES string of the molecule is CC(C)(C)c1cc(N2c3cc(N4c5ccc(-c6ccccc6)cc5C5(C)CCCCC45C)cc4c3B3c5c(cccc5C(c5ccccc5)(c5ccccc5)c5cccc2c53)N4c2ccc([Si](C)(C)C)cc2)cc(C(C)(C)C)c1. The van der Waals surface area contributed by atoms with Crippen molar-refractivity contribution < 1.29 is 0 Å². The number of benzene rings is 9. The molecule has 2 unspecified atom stereocenters. The zero-order valence-corrected chi connectivity index (χ0v) is 49.3. The Kier molecular flexibility index (Phi) is 11.0. The van der Waals surface area contributed by atoms with Crippen molar-refractivity contribution in [1.29, 1.82) is 0 Å². The summed E-state index contributed by atoms with van der Waals surface area (Å²) in [4.78, 5) is 8.25. The standard InChI is InChI=1S/C74H74BN3Si/c1-70(2,3)53-44-54(71(4,5)6)46-56(45-53)77-64-34-24-32-60-68(64)75-67-59(74(60,51-27-17-13-18-28-51)52-29-19-14-20-30-52)31-23-33-63(67)76(55-36-38-58(39-37-55)79(9,10)11)65-47-57(48-66(77)69(65)75)78-62-40-35-50(49-25-15-12-16-26-49)43-61(62)72(7)41-21-22-42-73(72,78)8/h12-20,23-40,43-48H,21-22,41-42H2,1-11H3. The van der Waals surface area contributed by atoms with E-state index >= 15 is 0 Å². The predicted molar refractivity (Wildman–Crippen MR) is 341 cm³/mol. The lowest BCUT2D eigenvalue weighted by Gasteiger charge is -2.53. The fourth-order valence-electron chi connectivity index (χ4n) is 15.4. The molecule has 1 saturated carbocycles. The Balaban J connectivity index is 1.14. The molecular formula is C74H74BN3Si. The van der Waals surface area contributed by atoms with E-state index in [0.29, 0.717) is 0 Å². The van der Waals surface area contributed by atoms with Crippen molar-refractivity contribution in [2.45, 2.75) is 128 Å². The van der Waals surface area contributed by atoms with Crippen molar-refractivity contribution in [3.8, 4) is 11.1 Å². The van der Waals surface area contributed by atoms with Gasteiger partial charge in [-0.15, -0.1) is 0 Å². The van der Waals surface area contributed by atoms with Gasteiger partial charge in [0, 0.05) is 50.9 Å². The van der Waals surface area contributed by atoms with Gasteiger partial charge in [-0.25, -0.2) is 0 Å². The molecule has 5 aliphatic rings. The van der Waals surface area contributed by atoms with Crippen LogP contribution in [0.2, 0.25) is 19.6 Å². The third-order valence-electron chi connectivity index (χ3n) is 19.7. The van der Waals surface area contributed by atoms with E-state index < -0.39 is 13.5 Å². The third kappa shape index (κ3) is 7.16. The van der Waals surface area contributed by atoms with Crippen LogP contribution in [0.25, 0.3) is 11.1 Å². The molecule has 2 atom stereocenters. The summed E-state index contributed by atoms with van der Waals surface area (Å²) < 4.78 is 0. The first-order valence-corrected chi connectivity index (χ1v) is 32.8. The minimum atomic E-state index is -1.63. The van der Waals surface area contributed by atoms with E-state index in [1.54, 1.807) is 0 Å². The minimum Gasteiger partial charge on any atom is -0.334 e. The van der Waals surface area contributed by atoms with Gasteiger partial charge in [0.2, 0.25) is 0 Å². The maximum absolute atomic E-state index is 2.83. The van der Waals surface area contributed by atoms with Crippen molar-refractivity contribution in [1.82, 2.24) is 0 Å². The second kappa shape index (κ2) is 17.3. The summed E-state index contributed by atoms with van der Waals surface area (Å²) in [6.45, 7) is 26.8. The summed E-state index contributed by atoms with van der Waals surface area (Å²) in [6.07, 6.45) is 4.70. The van der Waals surface area contributed by atoms with Crippen LogP contribution in [0.3, 0.4) is 0 Å². The second-order valence-corrected chi connectivity index (χ2v) is 32.3. The van der Waals surface area contributed by atoms with Gasteiger partial charge in [0.05, 0.1) is 19.0 Å². The van der Waals surface area contributed by atoms with Gasteiger partial charge in [-0.2, -0.15) is 0 Å². The van der Waals surface area contributed by atoms with Crippen molar-refractivity contribution >= 4 is 81.9 Å². The molecule has 0 radical (unpaired) electrons. The lowest BCUT2D eigenvalue weighted by molar-refractivity contribution is 0.195. The van der Waals surface area contributed by atoms with Crippen molar-refractivity contribution in [3.05, 3.63) is 239 Å². The average Bonchev–Trinajstić information content (AvgIpc) is 3.73. The molecule has 0 amide bonds. The average molecular weight is 1040 g/mol. The zero-order chi connectivity index (χ0) is 54.6. The molecule has 3 nitrogen and oxygen atoms in total. The van der Waals surface area contributed by atoms with Gasteiger partial charge < -0.3 is 14.7 Å². The molecular weight excluding hydrogens is 970 g/mol. The quantitative estimate of drug-likeness (QED) is 0.147. The van der Waals surface area contributed by atoms with E-state index in [0.717, 1.165) is 12.8 Å². The Labute approximate surface area is 472 Å². The van der Waals surface area contributed by atoms with Gasteiger partial charge in [-0.1, -0.05) is 226 Å². The van der Waals surface area contributed by atoms with E-state index in [9.17, 15) is 0 Å². The molecule has 14 rings (SSSR count). The molecule has 9 aromatic rings. The Hall–Kier alpha value is -7.34. The van der Waals surface area contributed by atoms with Crippen molar-refractivity contribution in [2.75, 3.05) is 14.7 Å². The molecule has 0 bridgehead atoms. The Morgan fingerprint density at radius 2 is 0.937 bits per heavy atom. The van der Waals surface area contributed by atoms with E-state index in [1.807, 2.05) is 0 Å². The Morgan fingerprint density at radius 1 is 0.418 bits per heavy atom. The van der Waals surface area contributed by atoms with Crippen LogP contribution in [0.1, 0.15) is 120 Å². The minimum absolute atomic E-state index is 0.0338. The van der Waals surface area contributed by atoms with Crippen molar-refractivity contribution in [3.63, 3.8) is 0 Å². The molecule has 9 aromatic carbocycles. The molecule has 0 spiro atoms. The molecule has 0 saturated heterocycles. The molecule has 0 aromatic heterocycles. The van der Waals surface area contributed by atoms with Gasteiger partial charge in [0.15, 0.2) is 0 Å². The smallest absolute Gasteiger partial charge is 0.253 e. The zero-order valence-electron chi connectivity index (χ0n) is 48.3. The Bertz CT molecular complexity index is 3830. The highest BCUT2D eigenvalue weighted by molar-refractivity contribution is 7.01. The van der Waals surface area contributed by atoms with E-state index in [4.69, 9.17) is 0 Å². The van der Waals surface area contributed by atoms with Crippen LogP contribution in [0.4, 0.5) is 45.5 Å². The van der Waals surface area contributed by atoms with Crippen LogP contribution in [0.5, 0.6) is 0 Å². The normalized spacial score (nSPS) is 19.5. The maximum atomic E-state index is 2.83. The molecule has 0 N–H and O–H groups in total. The summed E-state index contributed by atoms with van der Waals surface area (Å²) >= 11 is 0. The van der Waals surface area contributed by atoms with Crippen LogP contribution >= 0.6 is 0 Å². The molecule has 392 valence electrons. The predicted octanol–water partition coefficient (Wildman–Crippen LogP) is 17.0. The molecule has 1 aliphatic carbocycles. The van der Waals surface area contributed by atoms with Gasteiger partial charge in [-0.3, -0.25) is 0 Å². The number of hydrogen-bond donors (Lipinski definition) is 0. The van der Waals surface area contributed by atoms with E-state index in [2.05, 4.69) is 290 Å².